The van der Waals surface area contributed by atoms with E-state index >= 15 is 0 Å². The van der Waals surface area contributed by atoms with E-state index in [1.807, 2.05) is 4.90 Å². The van der Waals surface area contributed by atoms with Gasteiger partial charge in [-0.15, -0.1) is 0 Å². The Kier molecular flexibility index (Phi) is 5.52. The summed E-state index contributed by atoms with van der Waals surface area (Å²) in [7, 11) is -2.42. The lowest BCUT2D eigenvalue weighted by molar-refractivity contribution is 0.414. The molecule has 26 heavy (non-hydrogen) atoms. The Morgan fingerprint density at radius 2 is 1.88 bits per heavy atom. The second kappa shape index (κ2) is 7.67. The van der Waals surface area contributed by atoms with Crippen LogP contribution in [-0.4, -0.2) is 38.6 Å². The van der Waals surface area contributed by atoms with Gasteiger partial charge in [-0.25, -0.2) is 13.4 Å². The molecule has 0 amide bonds. The van der Waals surface area contributed by atoms with E-state index in [0.717, 1.165) is 25.9 Å². The van der Waals surface area contributed by atoms with Gasteiger partial charge in [-0.2, -0.15) is 4.98 Å². The zero-order chi connectivity index (χ0) is 18.7. The van der Waals surface area contributed by atoms with Crippen LogP contribution in [0.25, 0.3) is 0 Å². The maximum atomic E-state index is 12.9. The Morgan fingerprint density at radius 1 is 1.19 bits per heavy atom. The molecule has 1 aliphatic rings. The van der Waals surface area contributed by atoms with Gasteiger partial charge >= 0.3 is 0 Å². The molecule has 0 unspecified atom stereocenters. The summed E-state index contributed by atoms with van der Waals surface area (Å²) in [6.45, 7) is 1.69. The quantitative estimate of drug-likeness (QED) is 0.848. The van der Waals surface area contributed by atoms with Crippen molar-refractivity contribution < 1.29 is 13.2 Å². The first-order valence-electron chi connectivity index (χ1n) is 8.39. The summed E-state index contributed by atoms with van der Waals surface area (Å²) < 4.78 is 30.8. The molecule has 9 heteroatoms. The Morgan fingerprint density at radius 3 is 2.46 bits per heavy atom. The van der Waals surface area contributed by atoms with Crippen LogP contribution in [0.3, 0.4) is 0 Å². The van der Waals surface area contributed by atoms with E-state index in [1.165, 1.54) is 44.3 Å². The first kappa shape index (κ1) is 18.7. The number of nitrogens with zero attached hydrogens (tertiary/aromatic N) is 3. The minimum atomic E-state index is -3.88. The smallest absolute Gasteiger partial charge is 0.227 e. The van der Waals surface area contributed by atoms with Crippen molar-refractivity contribution in [2.24, 2.45) is 0 Å². The molecule has 2 aromatic rings. The van der Waals surface area contributed by atoms with Gasteiger partial charge in [0.25, 0.3) is 0 Å². The number of aromatic nitrogens is 2. The largest absolute Gasteiger partial charge is 0.495 e. The molecule has 1 aliphatic heterocycles. The number of ether oxygens (including phenoxy) is 1. The molecule has 1 saturated heterocycles. The normalized spacial score (nSPS) is 15.5. The summed E-state index contributed by atoms with van der Waals surface area (Å²) in [5.41, 5.74) is 5.97. The maximum absolute atomic E-state index is 12.9. The predicted molar refractivity (Wildman–Crippen MR) is 101 cm³/mol. The third-order valence-corrected chi connectivity index (χ3v) is 6.45. The van der Waals surface area contributed by atoms with Gasteiger partial charge in [-0.1, -0.05) is 24.4 Å². The fourth-order valence-electron chi connectivity index (χ4n) is 2.95. The van der Waals surface area contributed by atoms with Gasteiger partial charge in [-0.05, 0) is 31.0 Å². The zero-order valence-electron chi connectivity index (χ0n) is 14.5. The van der Waals surface area contributed by atoms with Gasteiger partial charge in [0.2, 0.25) is 15.8 Å². The van der Waals surface area contributed by atoms with Crippen LogP contribution >= 0.6 is 11.6 Å². The van der Waals surface area contributed by atoms with Crippen molar-refractivity contribution in [1.82, 2.24) is 9.97 Å². The summed E-state index contributed by atoms with van der Waals surface area (Å²) in [4.78, 5) is 10.4. The van der Waals surface area contributed by atoms with Crippen LogP contribution in [0.15, 0.2) is 34.2 Å². The van der Waals surface area contributed by atoms with E-state index in [1.54, 1.807) is 0 Å². The van der Waals surface area contributed by atoms with Gasteiger partial charge < -0.3 is 15.4 Å². The SMILES string of the molecule is COc1ccc(S(=O)(=O)c2cnc(N3CCCCCC3)nc2N)cc1Cl. The zero-order valence-corrected chi connectivity index (χ0v) is 16.1. The molecule has 0 radical (unpaired) electrons. The lowest BCUT2D eigenvalue weighted by atomic mass is 10.2. The second-order valence-corrected chi connectivity index (χ2v) is 8.45. The van der Waals surface area contributed by atoms with Crippen LogP contribution in [0.5, 0.6) is 5.75 Å². The number of sulfone groups is 1. The number of hydrogen-bond acceptors (Lipinski definition) is 7. The van der Waals surface area contributed by atoms with Gasteiger partial charge in [-0.3, -0.25) is 0 Å². The van der Waals surface area contributed by atoms with Gasteiger partial charge in [0.15, 0.2) is 0 Å². The summed E-state index contributed by atoms with van der Waals surface area (Å²) >= 11 is 6.05. The molecule has 1 fully saturated rings. The molecule has 0 atom stereocenters. The van der Waals surface area contributed by atoms with Gasteiger partial charge in [0.05, 0.1) is 23.2 Å². The van der Waals surface area contributed by atoms with E-state index < -0.39 is 9.84 Å². The molecule has 0 saturated carbocycles. The molecular formula is C17H21ClN4O3S. The fourth-order valence-corrected chi connectivity index (χ4v) is 4.55. The van der Waals surface area contributed by atoms with Crippen molar-refractivity contribution in [3.63, 3.8) is 0 Å². The number of rotatable bonds is 4. The van der Waals surface area contributed by atoms with Crippen molar-refractivity contribution in [2.75, 3.05) is 30.8 Å². The van der Waals surface area contributed by atoms with Crippen LogP contribution in [0.4, 0.5) is 11.8 Å². The van der Waals surface area contributed by atoms with E-state index in [9.17, 15) is 8.42 Å². The van der Waals surface area contributed by atoms with Crippen molar-refractivity contribution in [2.45, 2.75) is 35.5 Å². The molecule has 2 N–H and O–H groups in total. The van der Waals surface area contributed by atoms with Crippen molar-refractivity contribution in [1.29, 1.82) is 0 Å². The van der Waals surface area contributed by atoms with Crippen molar-refractivity contribution in [3.8, 4) is 5.75 Å². The highest BCUT2D eigenvalue weighted by atomic mass is 35.5. The van der Waals surface area contributed by atoms with E-state index in [2.05, 4.69) is 9.97 Å². The highest BCUT2D eigenvalue weighted by Crippen LogP contribution is 2.31. The molecule has 0 bridgehead atoms. The van der Waals surface area contributed by atoms with E-state index in [0.29, 0.717) is 11.7 Å². The molecule has 140 valence electrons. The number of halogens is 1. The standard InChI is InChI=1S/C17H21ClN4O3S/c1-25-14-7-6-12(10-13(14)18)26(23,24)15-11-20-17(21-16(15)19)22-8-4-2-3-5-9-22/h6-7,10-11H,2-5,8-9H2,1H3,(H2,19,20,21). The van der Waals surface area contributed by atoms with Crippen LogP contribution < -0.4 is 15.4 Å². The van der Waals surface area contributed by atoms with Gasteiger partial charge in [0.1, 0.15) is 16.5 Å². The molecule has 0 aliphatic carbocycles. The average Bonchev–Trinajstić information content (AvgIpc) is 2.90. The van der Waals surface area contributed by atoms with E-state index in [4.69, 9.17) is 22.1 Å². The highest BCUT2D eigenvalue weighted by Gasteiger charge is 2.24. The number of nitrogen functional groups attached to an aromatic ring is 1. The monoisotopic (exact) mass is 396 g/mol. The maximum Gasteiger partial charge on any atom is 0.227 e. The van der Waals surface area contributed by atoms with Crippen molar-refractivity contribution in [3.05, 3.63) is 29.4 Å². The highest BCUT2D eigenvalue weighted by molar-refractivity contribution is 7.91. The van der Waals surface area contributed by atoms with Crippen molar-refractivity contribution >= 4 is 33.2 Å². The van der Waals surface area contributed by atoms with E-state index in [-0.39, 0.29) is 20.6 Å². The molecule has 0 spiro atoms. The Bertz CT molecular complexity index is 897. The van der Waals surface area contributed by atoms with Crippen LogP contribution in [0.2, 0.25) is 5.02 Å². The minimum absolute atomic E-state index is 0.0149. The summed E-state index contributed by atoms with van der Waals surface area (Å²) in [6.07, 6.45) is 5.75. The van der Waals surface area contributed by atoms with Crippen LogP contribution in [-0.2, 0) is 9.84 Å². The fraction of sp³-hybridized carbons (Fsp3) is 0.412. The number of methoxy groups -OCH3 is 1. The third kappa shape index (κ3) is 3.71. The molecule has 2 heterocycles. The molecule has 3 rings (SSSR count). The first-order valence-corrected chi connectivity index (χ1v) is 10.3. The predicted octanol–water partition coefficient (Wildman–Crippen LogP) is 2.93. The van der Waals surface area contributed by atoms with Crippen LogP contribution in [0, 0.1) is 0 Å². The summed E-state index contributed by atoms with van der Waals surface area (Å²) in [5.74, 6) is 0.800. The third-order valence-electron chi connectivity index (χ3n) is 4.38. The lowest BCUT2D eigenvalue weighted by Gasteiger charge is -2.20. The Labute approximate surface area is 158 Å². The van der Waals surface area contributed by atoms with Crippen LogP contribution in [0.1, 0.15) is 25.7 Å². The van der Waals surface area contributed by atoms with Gasteiger partial charge in [0, 0.05) is 13.1 Å². The molecule has 1 aromatic heterocycles. The Hall–Kier alpha value is -2.06. The molecule has 1 aromatic carbocycles. The lowest BCUT2D eigenvalue weighted by Crippen LogP contribution is -2.26. The Balaban J connectivity index is 1.94. The molecular weight excluding hydrogens is 376 g/mol. The summed E-state index contributed by atoms with van der Waals surface area (Å²) in [5, 5.41) is 0.203. The average molecular weight is 397 g/mol. The first-order chi connectivity index (χ1) is 12.4. The molecule has 7 nitrogen and oxygen atoms in total. The minimum Gasteiger partial charge on any atom is -0.495 e. The number of hydrogen-bond donors (Lipinski definition) is 1. The number of anilines is 2. The number of benzene rings is 1. The summed E-state index contributed by atoms with van der Waals surface area (Å²) in [6, 6.07) is 4.25. The topological polar surface area (TPSA) is 98.4 Å². The second-order valence-electron chi connectivity index (χ2n) is 6.12. The number of nitrogens with two attached hydrogens (primary N) is 1.